The standard InChI is InChI=1S/C12H18O14S/c13-2-5(16)8(18)9(6(17)3-14)25-12-10(26-27(21,22)23)4(15)1-7(24-12)11(19)20/h1-2,4-6,8-10,12,14-18H,3H2,(H,19,20)(H,21,22,23)/t4-,5-,6+,8+,9+,10+,12-/m0/s1. The van der Waals surface area contributed by atoms with E-state index >= 15 is 0 Å². The molecule has 0 aromatic heterocycles. The van der Waals surface area contributed by atoms with Crippen LogP contribution in [0.3, 0.4) is 0 Å². The van der Waals surface area contributed by atoms with Gasteiger partial charge in [0.05, 0.1) is 6.61 Å². The number of aldehydes is 1. The Labute approximate surface area is 151 Å². The fraction of sp³-hybridized carbons (Fsp3) is 0.667. The first-order valence-corrected chi connectivity index (χ1v) is 8.49. The highest BCUT2D eigenvalue weighted by Crippen LogP contribution is 2.26. The van der Waals surface area contributed by atoms with Crippen LogP contribution in [-0.2, 0) is 33.6 Å². The molecule has 156 valence electrons. The van der Waals surface area contributed by atoms with Crippen LogP contribution < -0.4 is 0 Å². The lowest BCUT2D eigenvalue weighted by atomic mass is 10.0. The molecular weight excluding hydrogens is 400 g/mol. The molecule has 27 heavy (non-hydrogen) atoms. The molecular formula is C12H18O14S. The predicted octanol–water partition coefficient (Wildman–Crippen LogP) is -4.48. The molecule has 1 heterocycles. The highest BCUT2D eigenvalue weighted by atomic mass is 32.3. The van der Waals surface area contributed by atoms with E-state index in [4.69, 9.17) is 24.2 Å². The van der Waals surface area contributed by atoms with Crippen molar-refractivity contribution >= 4 is 22.7 Å². The van der Waals surface area contributed by atoms with Gasteiger partial charge in [-0.05, 0) is 6.08 Å². The van der Waals surface area contributed by atoms with Crippen LogP contribution in [0.2, 0.25) is 0 Å². The summed E-state index contributed by atoms with van der Waals surface area (Å²) in [6.45, 7) is -1.08. The van der Waals surface area contributed by atoms with E-state index in [0.29, 0.717) is 6.08 Å². The Balaban J connectivity index is 3.21. The zero-order valence-corrected chi connectivity index (χ0v) is 14.1. The summed E-state index contributed by atoms with van der Waals surface area (Å²) in [6, 6.07) is 0. The minimum absolute atomic E-state index is 0.142. The van der Waals surface area contributed by atoms with Gasteiger partial charge in [-0.2, -0.15) is 8.42 Å². The largest absolute Gasteiger partial charge is 0.475 e. The number of ether oxygens (including phenoxy) is 2. The smallest absolute Gasteiger partial charge is 0.397 e. The summed E-state index contributed by atoms with van der Waals surface area (Å²) >= 11 is 0. The van der Waals surface area contributed by atoms with Crippen molar-refractivity contribution < 1.29 is 66.9 Å². The number of carboxylic acids is 1. The van der Waals surface area contributed by atoms with E-state index in [1.165, 1.54) is 0 Å². The minimum atomic E-state index is -5.21. The first kappa shape index (κ1) is 23.3. The van der Waals surface area contributed by atoms with Gasteiger partial charge in [-0.25, -0.2) is 8.98 Å². The van der Waals surface area contributed by atoms with E-state index in [9.17, 15) is 38.4 Å². The summed E-state index contributed by atoms with van der Waals surface area (Å²) < 4.78 is 44.5. The lowest BCUT2D eigenvalue weighted by molar-refractivity contribution is -0.255. The summed E-state index contributed by atoms with van der Waals surface area (Å²) in [5.41, 5.74) is 0. The SMILES string of the molecule is O=C[C@H](O)[C@@H](O)[C@H](O[C@@H]1OC(C(=O)O)=C[C@H](O)[C@H]1OS(=O)(=O)O)[C@H](O)CO. The highest BCUT2D eigenvalue weighted by molar-refractivity contribution is 7.80. The van der Waals surface area contributed by atoms with Gasteiger partial charge in [0.2, 0.25) is 12.0 Å². The van der Waals surface area contributed by atoms with E-state index in [-0.39, 0.29) is 6.29 Å². The Morgan fingerprint density at radius 2 is 1.93 bits per heavy atom. The van der Waals surface area contributed by atoms with Crippen LogP contribution in [0.1, 0.15) is 0 Å². The van der Waals surface area contributed by atoms with Gasteiger partial charge in [-0.1, -0.05) is 0 Å². The van der Waals surface area contributed by atoms with Crippen LogP contribution in [0.15, 0.2) is 11.8 Å². The lowest BCUT2D eigenvalue weighted by Crippen LogP contribution is -2.54. The number of rotatable bonds is 10. The minimum Gasteiger partial charge on any atom is -0.475 e. The molecule has 0 aromatic carbocycles. The Hall–Kier alpha value is -1.69. The van der Waals surface area contributed by atoms with Gasteiger partial charge >= 0.3 is 16.4 Å². The quantitative estimate of drug-likeness (QED) is 0.131. The maximum absolute atomic E-state index is 11.0. The summed E-state index contributed by atoms with van der Waals surface area (Å²) in [6.07, 6.45) is -14.3. The van der Waals surface area contributed by atoms with Crippen molar-refractivity contribution in [3.8, 4) is 0 Å². The van der Waals surface area contributed by atoms with E-state index < -0.39 is 71.6 Å². The van der Waals surface area contributed by atoms with Gasteiger partial charge in [0, 0.05) is 0 Å². The third-order valence-electron chi connectivity index (χ3n) is 3.30. The van der Waals surface area contributed by atoms with Crippen molar-refractivity contribution in [1.82, 2.24) is 0 Å². The Morgan fingerprint density at radius 3 is 2.37 bits per heavy atom. The number of hydrogen-bond acceptors (Lipinski definition) is 12. The number of aliphatic hydroxyl groups excluding tert-OH is 5. The second-order valence-corrected chi connectivity index (χ2v) is 6.32. The summed E-state index contributed by atoms with van der Waals surface area (Å²) in [7, 11) is -5.21. The number of carbonyl (C=O) groups excluding carboxylic acids is 1. The van der Waals surface area contributed by atoms with Crippen molar-refractivity contribution in [3.63, 3.8) is 0 Å². The third kappa shape index (κ3) is 6.45. The summed E-state index contributed by atoms with van der Waals surface area (Å²) in [5, 5.41) is 56.7. The van der Waals surface area contributed by atoms with Crippen LogP contribution >= 0.6 is 0 Å². The normalized spacial score (nSPS) is 27.6. The van der Waals surface area contributed by atoms with Crippen LogP contribution in [0.25, 0.3) is 0 Å². The third-order valence-corrected chi connectivity index (χ3v) is 3.76. The van der Waals surface area contributed by atoms with Crippen LogP contribution in [0.4, 0.5) is 0 Å². The average Bonchev–Trinajstić information content (AvgIpc) is 2.58. The number of aliphatic carboxylic acids is 1. The summed E-state index contributed by atoms with van der Waals surface area (Å²) in [4.78, 5) is 21.6. The predicted molar refractivity (Wildman–Crippen MR) is 79.1 cm³/mol. The fourth-order valence-electron chi connectivity index (χ4n) is 2.04. The molecule has 0 aliphatic carbocycles. The molecule has 0 bridgehead atoms. The lowest BCUT2D eigenvalue weighted by Gasteiger charge is -2.37. The van der Waals surface area contributed by atoms with Crippen molar-refractivity contribution in [1.29, 1.82) is 0 Å². The van der Waals surface area contributed by atoms with Crippen LogP contribution in [-0.4, -0.2) is 105 Å². The number of carbonyl (C=O) groups is 2. The van der Waals surface area contributed by atoms with Gasteiger partial charge in [0.1, 0.15) is 30.5 Å². The molecule has 0 fully saturated rings. The van der Waals surface area contributed by atoms with Gasteiger partial charge in [0.15, 0.2) is 12.4 Å². The highest BCUT2D eigenvalue weighted by Gasteiger charge is 2.44. The zero-order valence-electron chi connectivity index (χ0n) is 13.3. The molecule has 0 aromatic rings. The molecule has 0 amide bonds. The van der Waals surface area contributed by atoms with Crippen molar-refractivity contribution in [2.24, 2.45) is 0 Å². The first-order valence-electron chi connectivity index (χ1n) is 7.12. The molecule has 0 spiro atoms. The van der Waals surface area contributed by atoms with E-state index in [2.05, 4.69) is 4.18 Å². The summed E-state index contributed by atoms with van der Waals surface area (Å²) in [5.74, 6) is -2.66. The number of carboxylic acid groups (broad SMARTS) is 1. The average molecular weight is 418 g/mol. The number of aliphatic hydroxyl groups is 5. The van der Waals surface area contributed by atoms with E-state index in [1.54, 1.807) is 0 Å². The van der Waals surface area contributed by atoms with E-state index in [1.807, 2.05) is 0 Å². The zero-order chi connectivity index (χ0) is 20.9. The molecule has 1 aliphatic heterocycles. The van der Waals surface area contributed by atoms with Gasteiger partial charge in [0.25, 0.3) is 0 Å². The molecule has 7 atom stereocenters. The van der Waals surface area contributed by atoms with Crippen molar-refractivity contribution in [2.45, 2.75) is 42.9 Å². The Bertz CT molecular complexity index is 659. The molecule has 0 radical (unpaired) electrons. The molecule has 15 heteroatoms. The molecule has 7 N–H and O–H groups in total. The molecule has 0 unspecified atom stereocenters. The van der Waals surface area contributed by atoms with Crippen LogP contribution in [0.5, 0.6) is 0 Å². The monoisotopic (exact) mass is 418 g/mol. The number of hydrogen-bond donors (Lipinski definition) is 7. The second-order valence-electron chi connectivity index (χ2n) is 5.27. The molecule has 1 rings (SSSR count). The fourth-order valence-corrected chi connectivity index (χ4v) is 2.53. The van der Waals surface area contributed by atoms with Crippen LogP contribution in [0, 0.1) is 0 Å². The molecule has 1 aliphatic rings. The van der Waals surface area contributed by atoms with E-state index in [0.717, 1.165) is 0 Å². The molecule has 14 nitrogen and oxygen atoms in total. The van der Waals surface area contributed by atoms with Gasteiger partial charge in [-0.3, -0.25) is 4.55 Å². The van der Waals surface area contributed by atoms with Crippen molar-refractivity contribution in [3.05, 3.63) is 11.8 Å². The van der Waals surface area contributed by atoms with Crippen molar-refractivity contribution in [2.75, 3.05) is 6.61 Å². The van der Waals surface area contributed by atoms with Gasteiger partial charge < -0.3 is 44.9 Å². The maximum atomic E-state index is 11.0. The van der Waals surface area contributed by atoms with Gasteiger partial charge in [-0.15, -0.1) is 0 Å². The molecule has 0 saturated heterocycles. The topological polar surface area (TPSA) is 238 Å². The maximum Gasteiger partial charge on any atom is 0.397 e. The Kier molecular flexibility index (Phi) is 8.21. The molecule has 0 saturated carbocycles. The first-order chi connectivity index (χ1) is 12.4. The second kappa shape index (κ2) is 9.49. The Morgan fingerprint density at radius 1 is 1.33 bits per heavy atom.